The van der Waals surface area contributed by atoms with E-state index >= 15 is 0 Å². The summed E-state index contributed by atoms with van der Waals surface area (Å²) in [6.07, 6.45) is 2.00. The molecule has 0 amide bonds. The summed E-state index contributed by atoms with van der Waals surface area (Å²) in [5, 5.41) is 19.7. The molecule has 1 fully saturated rings. The Bertz CT molecular complexity index is 1130. The number of fused-ring (bicyclic) bond motifs is 1. The minimum Gasteiger partial charge on any atom is -0.510 e. The van der Waals surface area contributed by atoms with Crippen LogP contribution in [0.4, 0.5) is 0 Å². The summed E-state index contributed by atoms with van der Waals surface area (Å²) in [4.78, 5) is 9.33. The van der Waals surface area contributed by atoms with E-state index in [0.717, 1.165) is 50.1 Å². The number of piperidine rings is 1. The van der Waals surface area contributed by atoms with Crippen molar-refractivity contribution in [3.63, 3.8) is 0 Å². The highest BCUT2D eigenvalue weighted by Crippen LogP contribution is 2.32. The number of hydrogen-bond acceptors (Lipinski definition) is 4. The number of rotatable bonds is 5. The van der Waals surface area contributed by atoms with E-state index in [1.165, 1.54) is 5.56 Å². The van der Waals surface area contributed by atoms with E-state index < -0.39 is 0 Å². The number of aliphatic hydroxyl groups excluding tert-OH is 1. The van der Waals surface area contributed by atoms with Gasteiger partial charge in [-0.2, -0.15) is 0 Å². The van der Waals surface area contributed by atoms with E-state index in [-0.39, 0.29) is 11.8 Å². The molecule has 3 aromatic rings. The van der Waals surface area contributed by atoms with Gasteiger partial charge in [0.2, 0.25) is 0 Å². The summed E-state index contributed by atoms with van der Waals surface area (Å²) in [6.45, 7) is 6.22. The number of imidazole rings is 1. The third kappa shape index (κ3) is 3.61. The van der Waals surface area contributed by atoms with Crippen molar-refractivity contribution in [3.8, 4) is 0 Å². The maximum absolute atomic E-state index is 10.8. The zero-order valence-electron chi connectivity index (χ0n) is 18.0. The van der Waals surface area contributed by atoms with Crippen LogP contribution in [0.2, 0.25) is 0 Å². The van der Waals surface area contributed by atoms with Gasteiger partial charge in [0.25, 0.3) is 0 Å². The third-order valence-electron chi connectivity index (χ3n) is 6.57. The number of likely N-dealkylation sites (tertiary alicyclic amines) is 1. The number of benzene rings is 2. The minimum atomic E-state index is 0.265. The van der Waals surface area contributed by atoms with Crippen LogP contribution in [0, 0.1) is 5.41 Å². The maximum Gasteiger partial charge on any atom is 0.148 e. The molecule has 2 aliphatic heterocycles. The van der Waals surface area contributed by atoms with E-state index in [2.05, 4.69) is 51.6 Å². The fraction of sp³-hybridized carbons (Fsp3) is 0.360. The number of aryl methyl sites for hydroxylation is 1. The van der Waals surface area contributed by atoms with Gasteiger partial charge in [-0.15, -0.1) is 0 Å². The summed E-state index contributed by atoms with van der Waals surface area (Å²) < 4.78 is 2.10. The highest BCUT2D eigenvalue weighted by Gasteiger charge is 2.36. The summed E-state index contributed by atoms with van der Waals surface area (Å²) >= 11 is 0. The fourth-order valence-electron chi connectivity index (χ4n) is 4.96. The van der Waals surface area contributed by atoms with Crippen LogP contribution in [0.25, 0.3) is 16.6 Å². The number of nitrogens with one attached hydrogen (secondary N) is 1. The predicted octanol–water partition coefficient (Wildman–Crippen LogP) is 4.28. The van der Waals surface area contributed by atoms with Gasteiger partial charge in [-0.05, 0) is 37.5 Å². The van der Waals surface area contributed by atoms with E-state index in [9.17, 15) is 5.11 Å². The Morgan fingerprint density at radius 1 is 1.03 bits per heavy atom. The maximum atomic E-state index is 10.8. The smallest absolute Gasteiger partial charge is 0.148 e. The molecule has 6 heteroatoms. The van der Waals surface area contributed by atoms with Crippen LogP contribution in [0.3, 0.4) is 0 Å². The quantitative estimate of drug-likeness (QED) is 0.653. The first kappa shape index (κ1) is 19.8. The van der Waals surface area contributed by atoms with Crippen LogP contribution in [0.15, 0.2) is 60.4 Å². The number of amidine groups is 1. The standard InChI is InChI=1S/C25H29N5O/c1-2-29-21-11-7-6-10-20(21)27-25(29)23-22(31)17-30(24(23)26)19-12-14-28(15-13-19)16-18-8-4-3-5-9-18/h3-11,19,26,31H,2,12-17H2,1H3. The molecule has 0 bridgehead atoms. The average molecular weight is 416 g/mol. The second kappa shape index (κ2) is 8.19. The third-order valence-corrected chi connectivity index (χ3v) is 6.57. The Balaban J connectivity index is 1.31. The zero-order chi connectivity index (χ0) is 21.4. The molecule has 1 saturated heterocycles. The van der Waals surface area contributed by atoms with Gasteiger partial charge < -0.3 is 14.6 Å². The molecule has 2 aromatic carbocycles. The van der Waals surface area contributed by atoms with Crippen LogP contribution in [0.1, 0.15) is 31.2 Å². The normalized spacial score (nSPS) is 18.5. The number of nitrogens with zero attached hydrogens (tertiary/aromatic N) is 4. The number of aromatic nitrogens is 2. The van der Waals surface area contributed by atoms with Crippen molar-refractivity contribution in [1.29, 1.82) is 5.41 Å². The monoisotopic (exact) mass is 415 g/mol. The van der Waals surface area contributed by atoms with Gasteiger partial charge in [0.1, 0.15) is 17.4 Å². The summed E-state index contributed by atoms with van der Waals surface area (Å²) in [5.74, 6) is 1.38. The van der Waals surface area contributed by atoms with E-state index in [4.69, 9.17) is 10.4 Å². The first-order valence-electron chi connectivity index (χ1n) is 11.1. The van der Waals surface area contributed by atoms with Crippen molar-refractivity contribution >= 4 is 22.4 Å². The predicted molar refractivity (Wildman–Crippen MR) is 124 cm³/mol. The Morgan fingerprint density at radius 2 is 1.74 bits per heavy atom. The lowest BCUT2D eigenvalue weighted by Crippen LogP contribution is -2.45. The van der Waals surface area contributed by atoms with Crippen LogP contribution in [-0.2, 0) is 13.1 Å². The Morgan fingerprint density at radius 3 is 2.48 bits per heavy atom. The first-order valence-corrected chi connectivity index (χ1v) is 11.1. The highest BCUT2D eigenvalue weighted by molar-refractivity contribution is 6.23. The number of aliphatic hydroxyl groups is 1. The van der Waals surface area contributed by atoms with Gasteiger partial charge in [0, 0.05) is 32.2 Å². The summed E-state index contributed by atoms with van der Waals surface area (Å²) in [5.41, 5.74) is 3.88. The van der Waals surface area contributed by atoms with Crippen LogP contribution in [-0.4, -0.2) is 56.0 Å². The van der Waals surface area contributed by atoms with Crippen molar-refractivity contribution in [2.24, 2.45) is 0 Å². The lowest BCUT2D eigenvalue weighted by molar-refractivity contribution is 0.149. The summed E-state index contributed by atoms with van der Waals surface area (Å²) in [6, 6.07) is 18.9. The van der Waals surface area contributed by atoms with Gasteiger partial charge in [-0.25, -0.2) is 4.98 Å². The molecule has 1 aromatic heterocycles. The SMILES string of the molecule is CCn1c(C2=C(O)CN(C3CCN(Cc4ccccc4)CC3)C2=N)nc2ccccc21. The van der Waals surface area contributed by atoms with Crippen molar-refractivity contribution in [1.82, 2.24) is 19.4 Å². The minimum absolute atomic E-state index is 0.265. The number of hydrogen-bond donors (Lipinski definition) is 2. The molecule has 0 unspecified atom stereocenters. The lowest BCUT2D eigenvalue weighted by Gasteiger charge is -2.37. The molecule has 6 nitrogen and oxygen atoms in total. The van der Waals surface area contributed by atoms with Crippen molar-refractivity contribution in [3.05, 3.63) is 71.7 Å². The molecule has 0 spiro atoms. The van der Waals surface area contributed by atoms with Gasteiger partial charge in [-0.3, -0.25) is 10.3 Å². The molecule has 0 radical (unpaired) electrons. The van der Waals surface area contributed by atoms with Crippen LogP contribution >= 0.6 is 0 Å². The molecule has 0 atom stereocenters. The van der Waals surface area contributed by atoms with Crippen LogP contribution in [0.5, 0.6) is 0 Å². The molecule has 0 saturated carbocycles. The molecule has 3 heterocycles. The second-order valence-electron chi connectivity index (χ2n) is 8.46. The molecule has 2 aliphatic rings. The Hall–Kier alpha value is -3.12. The van der Waals surface area contributed by atoms with E-state index in [0.29, 0.717) is 23.8 Å². The van der Waals surface area contributed by atoms with Gasteiger partial charge >= 0.3 is 0 Å². The van der Waals surface area contributed by atoms with Crippen molar-refractivity contribution in [2.75, 3.05) is 19.6 Å². The fourth-order valence-corrected chi connectivity index (χ4v) is 4.96. The molecule has 31 heavy (non-hydrogen) atoms. The summed E-state index contributed by atoms with van der Waals surface area (Å²) in [7, 11) is 0. The zero-order valence-corrected chi connectivity index (χ0v) is 18.0. The second-order valence-corrected chi connectivity index (χ2v) is 8.46. The van der Waals surface area contributed by atoms with Crippen molar-refractivity contribution < 1.29 is 5.11 Å². The topological polar surface area (TPSA) is 68.4 Å². The Kier molecular flexibility index (Phi) is 5.24. The van der Waals surface area contributed by atoms with Crippen molar-refractivity contribution in [2.45, 2.75) is 38.9 Å². The largest absolute Gasteiger partial charge is 0.510 e. The van der Waals surface area contributed by atoms with Gasteiger partial charge in [0.05, 0.1) is 23.2 Å². The highest BCUT2D eigenvalue weighted by atomic mass is 16.3. The average Bonchev–Trinajstić information content (AvgIpc) is 3.31. The molecule has 0 aliphatic carbocycles. The molecular formula is C25H29N5O. The molecule has 5 rings (SSSR count). The van der Waals surface area contributed by atoms with Gasteiger partial charge in [-0.1, -0.05) is 42.5 Å². The van der Waals surface area contributed by atoms with Gasteiger partial charge in [0.15, 0.2) is 0 Å². The first-order chi connectivity index (χ1) is 15.2. The number of para-hydroxylation sites is 2. The van der Waals surface area contributed by atoms with E-state index in [1.807, 2.05) is 24.3 Å². The van der Waals surface area contributed by atoms with Crippen LogP contribution < -0.4 is 0 Å². The molecule has 2 N–H and O–H groups in total. The molecule has 160 valence electrons. The lowest BCUT2D eigenvalue weighted by atomic mass is 10.0. The molecular weight excluding hydrogens is 386 g/mol. The Labute approximate surface area is 182 Å². The van der Waals surface area contributed by atoms with E-state index in [1.54, 1.807) is 0 Å².